The molecule has 0 saturated carbocycles. The summed E-state index contributed by atoms with van der Waals surface area (Å²) in [5, 5.41) is 4.22. The van der Waals surface area contributed by atoms with Crippen LogP contribution in [0.15, 0.2) is 18.3 Å². The molecule has 1 atom stereocenters. The lowest BCUT2D eigenvalue weighted by molar-refractivity contribution is 0.0533. The first kappa shape index (κ1) is 12.8. The molecule has 94 valence electrons. The van der Waals surface area contributed by atoms with Gasteiger partial charge in [0.05, 0.1) is 16.8 Å². The number of hydrogen-bond donors (Lipinski definition) is 1. The minimum absolute atomic E-state index is 0.321. The number of nitrogens with zero attached hydrogens (tertiary/aromatic N) is 1. The van der Waals surface area contributed by atoms with E-state index in [1.54, 1.807) is 6.20 Å². The van der Waals surface area contributed by atoms with Crippen LogP contribution in [0.5, 0.6) is 0 Å². The monoisotopic (exact) mass is 254 g/mol. The van der Waals surface area contributed by atoms with E-state index < -0.39 is 0 Å². The van der Waals surface area contributed by atoms with Crippen LogP contribution in [0, 0.1) is 5.92 Å². The smallest absolute Gasteiger partial charge is 0.0589 e. The topological polar surface area (TPSA) is 34.2 Å². The largest absolute Gasteiger partial charge is 0.381 e. The molecule has 1 aromatic rings. The third-order valence-electron chi connectivity index (χ3n) is 3.23. The third-order valence-corrected chi connectivity index (χ3v) is 3.45. The van der Waals surface area contributed by atoms with E-state index in [0.29, 0.717) is 17.0 Å². The SMILES string of the molecule is CCNC(c1ccc(Cl)cn1)C1CCOCC1. The normalized spacial score (nSPS) is 19.2. The fraction of sp³-hybridized carbons (Fsp3) is 0.615. The van der Waals surface area contributed by atoms with Crippen molar-refractivity contribution >= 4 is 11.6 Å². The molecule has 17 heavy (non-hydrogen) atoms. The van der Waals surface area contributed by atoms with Gasteiger partial charge in [-0.25, -0.2) is 0 Å². The van der Waals surface area contributed by atoms with Gasteiger partial charge in [-0.05, 0) is 37.4 Å². The Bertz CT molecular complexity index is 336. The summed E-state index contributed by atoms with van der Waals surface area (Å²) in [6.07, 6.45) is 3.92. The Labute approximate surface area is 108 Å². The number of rotatable bonds is 4. The first-order chi connectivity index (χ1) is 8.31. The van der Waals surface area contributed by atoms with E-state index in [4.69, 9.17) is 16.3 Å². The summed E-state index contributed by atoms with van der Waals surface area (Å²) >= 11 is 5.88. The van der Waals surface area contributed by atoms with Crippen molar-refractivity contribution in [3.63, 3.8) is 0 Å². The van der Waals surface area contributed by atoms with Crippen molar-refractivity contribution in [2.75, 3.05) is 19.8 Å². The van der Waals surface area contributed by atoms with Gasteiger partial charge >= 0.3 is 0 Å². The van der Waals surface area contributed by atoms with Gasteiger partial charge in [0.2, 0.25) is 0 Å². The molecule has 0 aromatic carbocycles. The first-order valence-corrected chi connectivity index (χ1v) is 6.61. The highest BCUT2D eigenvalue weighted by molar-refractivity contribution is 6.30. The molecule has 1 fully saturated rings. The van der Waals surface area contributed by atoms with E-state index in [1.165, 1.54) is 0 Å². The van der Waals surface area contributed by atoms with Gasteiger partial charge in [0.1, 0.15) is 0 Å². The predicted molar refractivity (Wildman–Crippen MR) is 69.2 cm³/mol. The van der Waals surface area contributed by atoms with E-state index in [2.05, 4.69) is 17.2 Å². The van der Waals surface area contributed by atoms with Crippen LogP contribution in [0.25, 0.3) is 0 Å². The van der Waals surface area contributed by atoms with Gasteiger partial charge in [-0.2, -0.15) is 0 Å². The lowest BCUT2D eigenvalue weighted by Gasteiger charge is -2.30. The molecule has 1 aliphatic heterocycles. The molecule has 0 amide bonds. The van der Waals surface area contributed by atoms with E-state index in [0.717, 1.165) is 38.3 Å². The lowest BCUT2D eigenvalue weighted by atomic mass is 9.89. The van der Waals surface area contributed by atoms with Gasteiger partial charge in [0.25, 0.3) is 0 Å². The van der Waals surface area contributed by atoms with Crippen LogP contribution in [-0.2, 0) is 4.74 Å². The number of ether oxygens (including phenoxy) is 1. The van der Waals surface area contributed by atoms with Crippen LogP contribution in [0.2, 0.25) is 5.02 Å². The molecular formula is C13H19ClN2O. The molecule has 1 aromatic heterocycles. The average molecular weight is 255 g/mol. The van der Waals surface area contributed by atoms with Crippen LogP contribution in [0.3, 0.4) is 0 Å². The molecule has 0 spiro atoms. The van der Waals surface area contributed by atoms with Gasteiger partial charge < -0.3 is 10.1 Å². The summed E-state index contributed by atoms with van der Waals surface area (Å²) in [6.45, 7) is 4.80. The Hall–Kier alpha value is -0.640. The van der Waals surface area contributed by atoms with Crippen molar-refractivity contribution in [1.29, 1.82) is 0 Å². The number of nitrogens with one attached hydrogen (secondary N) is 1. The summed E-state index contributed by atoms with van der Waals surface area (Å²) in [7, 11) is 0. The van der Waals surface area contributed by atoms with Crippen molar-refractivity contribution in [3.05, 3.63) is 29.0 Å². The summed E-state index contributed by atoms with van der Waals surface area (Å²) in [6, 6.07) is 4.25. The molecule has 1 N–H and O–H groups in total. The van der Waals surface area contributed by atoms with Crippen LogP contribution >= 0.6 is 11.6 Å². The third kappa shape index (κ3) is 3.41. The Kier molecular flexibility index (Phi) is 4.77. The molecule has 1 aliphatic rings. The number of pyridine rings is 1. The van der Waals surface area contributed by atoms with Crippen molar-refractivity contribution in [2.24, 2.45) is 5.92 Å². The van der Waals surface area contributed by atoms with Crippen molar-refractivity contribution in [1.82, 2.24) is 10.3 Å². The summed E-state index contributed by atoms with van der Waals surface area (Å²) in [4.78, 5) is 4.44. The maximum absolute atomic E-state index is 5.88. The van der Waals surface area contributed by atoms with Gasteiger partial charge in [-0.15, -0.1) is 0 Å². The second kappa shape index (κ2) is 6.34. The van der Waals surface area contributed by atoms with Crippen LogP contribution < -0.4 is 5.32 Å². The first-order valence-electron chi connectivity index (χ1n) is 6.24. The second-order valence-electron chi connectivity index (χ2n) is 4.39. The molecule has 2 rings (SSSR count). The van der Waals surface area contributed by atoms with Crippen molar-refractivity contribution < 1.29 is 4.74 Å². The summed E-state index contributed by atoms with van der Waals surface area (Å²) in [5.41, 5.74) is 1.09. The molecule has 3 nitrogen and oxygen atoms in total. The molecule has 0 aliphatic carbocycles. The van der Waals surface area contributed by atoms with Gasteiger partial charge in [-0.3, -0.25) is 4.98 Å². The second-order valence-corrected chi connectivity index (χ2v) is 4.82. The molecule has 4 heteroatoms. The van der Waals surface area contributed by atoms with Crippen LogP contribution in [0.1, 0.15) is 31.5 Å². The molecule has 1 saturated heterocycles. The zero-order valence-corrected chi connectivity index (χ0v) is 10.9. The fourth-order valence-corrected chi connectivity index (χ4v) is 2.46. The van der Waals surface area contributed by atoms with Gasteiger partial charge in [0.15, 0.2) is 0 Å². The fourth-order valence-electron chi connectivity index (χ4n) is 2.35. The maximum atomic E-state index is 5.88. The minimum Gasteiger partial charge on any atom is -0.381 e. The van der Waals surface area contributed by atoms with Crippen molar-refractivity contribution in [2.45, 2.75) is 25.8 Å². The zero-order valence-electron chi connectivity index (χ0n) is 10.2. The van der Waals surface area contributed by atoms with E-state index in [1.807, 2.05) is 12.1 Å². The van der Waals surface area contributed by atoms with Crippen LogP contribution in [-0.4, -0.2) is 24.7 Å². The Balaban J connectivity index is 2.12. The van der Waals surface area contributed by atoms with Crippen molar-refractivity contribution in [3.8, 4) is 0 Å². The Morgan fingerprint density at radius 3 is 2.82 bits per heavy atom. The average Bonchev–Trinajstić information content (AvgIpc) is 2.38. The number of halogens is 1. The Morgan fingerprint density at radius 1 is 1.47 bits per heavy atom. The molecule has 0 radical (unpaired) electrons. The molecular weight excluding hydrogens is 236 g/mol. The maximum Gasteiger partial charge on any atom is 0.0589 e. The van der Waals surface area contributed by atoms with E-state index in [-0.39, 0.29) is 0 Å². The minimum atomic E-state index is 0.321. The highest BCUT2D eigenvalue weighted by Crippen LogP contribution is 2.29. The van der Waals surface area contributed by atoms with Gasteiger partial charge in [-0.1, -0.05) is 18.5 Å². The molecule has 2 heterocycles. The zero-order chi connectivity index (χ0) is 12.1. The lowest BCUT2D eigenvalue weighted by Crippen LogP contribution is -2.32. The highest BCUT2D eigenvalue weighted by Gasteiger charge is 2.25. The van der Waals surface area contributed by atoms with E-state index in [9.17, 15) is 0 Å². The van der Waals surface area contributed by atoms with Crippen LogP contribution in [0.4, 0.5) is 0 Å². The summed E-state index contributed by atoms with van der Waals surface area (Å²) < 4.78 is 5.41. The Morgan fingerprint density at radius 2 is 2.24 bits per heavy atom. The molecule has 0 bridgehead atoms. The van der Waals surface area contributed by atoms with Gasteiger partial charge in [0, 0.05) is 19.4 Å². The highest BCUT2D eigenvalue weighted by atomic mass is 35.5. The van der Waals surface area contributed by atoms with E-state index >= 15 is 0 Å². The quantitative estimate of drug-likeness (QED) is 0.897. The number of hydrogen-bond acceptors (Lipinski definition) is 3. The standard InChI is InChI=1S/C13H19ClN2O/c1-2-15-13(10-5-7-17-8-6-10)12-4-3-11(14)9-16-12/h3-4,9-10,13,15H,2,5-8H2,1H3. The number of aromatic nitrogens is 1. The summed E-state index contributed by atoms with van der Waals surface area (Å²) in [5.74, 6) is 0.609. The molecule has 1 unspecified atom stereocenters. The predicted octanol–water partition coefficient (Wildman–Crippen LogP) is 2.81.